The van der Waals surface area contributed by atoms with Crippen LogP contribution in [0, 0.1) is 10.1 Å². The van der Waals surface area contributed by atoms with Gasteiger partial charge in [0.2, 0.25) is 0 Å². The van der Waals surface area contributed by atoms with Gasteiger partial charge in [-0.25, -0.2) is 9.79 Å². The van der Waals surface area contributed by atoms with Crippen LogP contribution >= 0.6 is 11.3 Å². The Morgan fingerprint density at radius 2 is 1.88 bits per heavy atom. The predicted octanol–water partition coefficient (Wildman–Crippen LogP) is 4.71. The lowest BCUT2D eigenvalue weighted by Gasteiger charge is -2.24. The molecule has 11 heteroatoms. The summed E-state index contributed by atoms with van der Waals surface area (Å²) in [6.07, 6.45) is 1.61. The highest BCUT2D eigenvalue weighted by molar-refractivity contribution is 7.07. The molecule has 2 aromatic heterocycles. The molecule has 0 spiro atoms. The van der Waals surface area contributed by atoms with E-state index in [-0.39, 0.29) is 17.0 Å². The molecule has 0 aliphatic carbocycles. The van der Waals surface area contributed by atoms with Crippen LogP contribution < -0.4 is 19.6 Å². The summed E-state index contributed by atoms with van der Waals surface area (Å²) >= 11 is 1.19. The van der Waals surface area contributed by atoms with Crippen molar-refractivity contribution < 1.29 is 23.6 Å². The van der Waals surface area contributed by atoms with Crippen molar-refractivity contribution in [3.05, 3.63) is 113 Å². The molecule has 41 heavy (non-hydrogen) atoms. The fourth-order valence-corrected chi connectivity index (χ4v) is 5.80. The number of ether oxygens (including phenoxy) is 2. The monoisotopic (exact) mass is 573 g/mol. The quantitative estimate of drug-likeness (QED) is 0.178. The zero-order chi connectivity index (χ0) is 29.4. The number of fused-ring (bicyclic) bond motifs is 1. The van der Waals surface area contributed by atoms with Gasteiger partial charge in [0.1, 0.15) is 17.3 Å². The van der Waals surface area contributed by atoms with Crippen LogP contribution in [0.4, 0.5) is 5.69 Å². The van der Waals surface area contributed by atoms with Crippen LogP contribution in [0.15, 0.2) is 80.1 Å². The van der Waals surface area contributed by atoms with Gasteiger partial charge < -0.3 is 13.9 Å². The summed E-state index contributed by atoms with van der Waals surface area (Å²) in [5, 5.41) is 11.1. The topological polar surface area (TPSA) is 126 Å². The summed E-state index contributed by atoms with van der Waals surface area (Å²) in [6.45, 7) is 5.93. The van der Waals surface area contributed by atoms with Crippen LogP contribution in [0.5, 0.6) is 5.75 Å². The number of hydrogen-bond donors (Lipinski definition) is 0. The first-order chi connectivity index (χ1) is 19.6. The van der Waals surface area contributed by atoms with Crippen LogP contribution in [-0.4, -0.2) is 29.7 Å². The molecule has 5 rings (SSSR count). The molecule has 1 aliphatic rings. The van der Waals surface area contributed by atoms with Crippen molar-refractivity contribution in [1.29, 1.82) is 0 Å². The van der Waals surface area contributed by atoms with Crippen molar-refractivity contribution in [1.82, 2.24) is 4.57 Å². The van der Waals surface area contributed by atoms with E-state index in [0.717, 1.165) is 11.1 Å². The van der Waals surface area contributed by atoms with E-state index in [0.29, 0.717) is 43.6 Å². The molecular weight excluding hydrogens is 546 g/mol. The van der Waals surface area contributed by atoms with Gasteiger partial charge in [0, 0.05) is 12.1 Å². The minimum atomic E-state index is -0.710. The number of esters is 1. The van der Waals surface area contributed by atoms with Crippen LogP contribution in [0.2, 0.25) is 0 Å². The first kappa shape index (κ1) is 27.8. The fourth-order valence-electron chi connectivity index (χ4n) is 4.77. The first-order valence-corrected chi connectivity index (χ1v) is 13.6. The molecule has 0 saturated carbocycles. The third-order valence-corrected chi connectivity index (χ3v) is 7.89. The van der Waals surface area contributed by atoms with Gasteiger partial charge in [-0.05, 0) is 42.2 Å². The van der Waals surface area contributed by atoms with Crippen molar-refractivity contribution in [2.75, 3.05) is 14.2 Å². The Bertz CT molecular complexity index is 1880. The van der Waals surface area contributed by atoms with Crippen molar-refractivity contribution in [3.63, 3.8) is 0 Å². The zero-order valence-electron chi connectivity index (χ0n) is 23.0. The van der Waals surface area contributed by atoms with Gasteiger partial charge in [0.05, 0.1) is 52.6 Å². The van der Waals surface area contributed by atoms with E-state index >= 15 is 0 Å². The van der Waals surface area contributed by atoms with E-state index in [9.17, 15) is 19.7 Å². The lowest BCUT2D eigenvalue weighted by Crippen LogP contribution is -2.39. The van der Waals surface area contributed by atoms with Crippen molar-refractivity contribution in [3.8, 4) is 17.1 Å². The maximum Gasteiger partial charge on any atom is 0.338 e. The van der Waals surface area contributed by atoms with Crippen LogP contribution in [0.25, 0.3) is 17.4 Å². The highest BCUT2D eigenvalue weighted by Gasteiger charge is 2.33. The normalized spacial score (nSPS) is 15.1. The molecule has 0 amide bonds. The third-order valence-electron chi connectivity index (χ3n) is 6.91. The number of allylic oxidation sites excluding steroid dienone is 1. The molecule has 0 bridgehead atoms. The minimum absolute atomic E-state index is 0.103. The van der Waals surface area contributed by atoms with Gasteiger partial charge in [0.25, 0.3) is 11.2 Å². The molecule has 1 aliphatic heterocycles. The first-order valence-electron chi connectivity index (χ1n) is 12.8. The molecule has 0 fully saturated rings. The Morgan fingerprint density at radius 3 is 2.51 bits per heavy atom. The summed E-state index contributed by atoms with van der Waals surface area (Å²) in [5.74, 6) is 0.877. The van der Waals surface area contributed by atoms with Crippen LogP contribution in [0.3, 0.4) is 0 Å². The number of nitro benzene ring substituents is 1. The molecule has 0 radical (unpaired) electrons. The second-order valence-electron chi connectivity index (χ2n) is 9.74. The molecule has 3 heterocycles. The fraction of sp³-hybridized carbons (Fsp3) is 0.233. The Hall–Kier alpha value is -4.77. The summed E-state index contributed by atoms with van der Waals surface area (Å²) in [7, 11) is 2.73. The number of carbonyl (C=O) groups is 1. The number of aromatic nitrogens is 1. The van der Waals surface area contributed by atoms with Gasteiger partial charge in [-0.1, -0.05) is 49.4 Å². The molecule has 2 aromatic carbocycles. The molecule has 0 N–H and O–H groups in total. The van der Waals surface area contributed by atoms with E-state index < -0.39 is 16.9 Å². The predicted molar refractivity (Wildman–Crippen MR) is 154 cm³/mol. The van der Waals surface area contributed by atoms with Crippen molar-refractivity contribution in [2.24, 2.45) is 4.99 Å². The van der Waals surface area contributed by atoms with Crippen molar-refractivity contribution in [2.45, 2.75) is 32.7 Å². The van der Waals surface area contributed by atoms with E-state index in [4.69, 9.17) is 13.9 Å². The second kappa shape index (κ2) is 11.0. The largest absolute Gasteiger partial charge is 0.496 e. The Balaban J connectivity index is 1.61. The number of benzene rings is 2. The van der Waals surface area contributed by atoms with Gasteiger partial charge in [-0.3, -0.25) is 19.5 Å². The number of carbonyl (C=O) groups excluding carboxylic acids is 1. The number of methoxy groups -OCH3 is 2. The van der Waals surface area contributed by atoms with E-state index in [1.807, 2.05) is 24.3 Å². The maximum absolute atomic E-state index is 13.8. The van der Waals surface area contributed by atoms with Crippen LogP contribution in [-0.2, 0) is 9.53 Å². The number of nitro groups is 1. The number of non-ortho nitro benzene ring substituents is 1. The van der Waals surface area contributed by atoms with Crippen molar-refractivity contribution >= 4 is 29.1 Å². The van der Waals surface area contributed by atoms with E-state index in [2.05, 4.69) is 18.8 Å². The zero-order valence-corrected chi connectivity index (χ0v) is 23.9. The summed E-state index contributed by atoms with van der Waals surface area (Å²) in [6, 6.07) is 14.8. The second-order valence-corrected chi connectivity index (χ2v) is 10.7. The van der Waals surface area contributed by atoms with Crippen LogP contribution in [0.1, 0.15) is 49.6 Å². The molecule has 210 valence electrons. The minimum Gasteiger partial charge on any atom is -0.496 e. The summed E-state index contributed by atoms with van der Waals surface area (Å²) in [4.78, 5) is 42.4. The Kier molecular flexibility index (Phi) is 7.46. The third kappa shape index (κ3) is 5.11. The average Bonchev–Trinajstić information content (AvgIpc) is 3.55. The van der Waals surface area contributed by atoms with Gasteiger partial charge in [-0.2, -0.15) is 0 Å². The molecule has 10 nitrogen and oxygen atoms in total. The highest BCUT2D eigenvalue weighted by atomic mass is 32.1. The molecule has 4 aromatic rings. The molecular formula is C30H27N3O7S. The van der Waals surface area contributed by atoms with Gasteiger partial charge in [-0.15, -0.1) is 0 Å². The van der Waals surface area contributed by atoms with Gasteiger partial charge in [0.15, 0.2) is 4.80 Å². The SMILES string of the molecule is COC(=O)C1=C(C)N=c2s/c(=C\c3ccc(-c4ccc([N+](=O)[O-])cc4OC)o3)c(=O)n2[C@@H]1c1ccc(C(C)C)cc1. The smallest absolute Gasteiger partial charge is 0.338 e. The standard InChI is InChI=1S/C30H27N3O7S/c1-16(2)18-6-8-19(9-7-18)27-26(29(35)39-5)17(3)31-30-32(27)28(34)25(41-30)15-21-11-13-23(40-21)22-12-10-20(33(36)37)14-24(22)38-4/h6-16,27H,1-5H3/b25-15-/t27-/m1/s1. The average molecular weight is 574 g/mol. The van der Waals surface area contributed by atoms with E-state index in [1.165, 1.54) is 42.3 Å². The summed E-state index contributed by atoms with van der Waals surface area (Å²) < 4.78 is 18.3. The Labute approximate surface area is 238 Å². The molecule has 0 unspecified atom stereocenters. The number of furan rings is 1. The lowest BCUT2D eigenvalue weighted by atomic mass is 9.93. The number of thiazole rings is 1. The highest BCUT2D eigenvalue weighted by Crippen LogP contribution is 2.35. The number of nitrogens with zero attached hydrogens (tertiary/aromatic N) is 3. The van der Waals surface area contributed by atoms with E-state index in [1.54, 1.807) is 31.2 Å². The Morgan fingerprint density at radius 1 is 1.15 bits per heavy atom. The maximum atomic E-state index is 13.8. The molecule has 1 atom stereocenters. The summed E-state index contributed by atoms with van der Waals surface area (Å²) in [5.41, 5.74) is 2.78. The van der Waals surface area contributed by atoms with Gasteiger partial charge >= 0.3 is 5.97 Å². The lowest BCUT2D eigenvalue weighted by molar-refractivity contribution is -0.384. The number of rotatable bonds is 7. The molecule has 0 saturated heterocycles. The number of hydrogen-bond acceptors (Lipinski definition) is 9.